The molecule has 0 unspecified atom stereocenters. The summed E-state index contributed by atoms with van der Waals surface area (Å²) in [5.74, 6) is 0.285. The standard InChI is InChI=1S/C13H20N2O3/c1-13(2,17)8-15(3)12(16)9-5-6-10(14)11(7-9)18-4/h5-7,17H,8,14H2,1-4H3. The van der Waals surface area contributed by atoms with Crippen molar-refractivity contribution in [3.05, 3.63) is 23.8 Å². The molecule has 18 heavy (non-hydrogen) atoms. The Morgan fingerprint density at radius 2 is 2.11 bits per heavy atom. The molecular formula is C13H20N2O3. The van der Waals surface area contributed by atoms with Crippen LogP contribution in [0.25, 0.3) is 0 Å². The van der Waals surface area contributed by atoms with Crippen molar-refractivity contribution in [3.63, 3.8) is 0 Å². The average molecular weight is 252 g/mol. The fourth-order valence-corrected chi connectivity index (χ4v) is 1.72. The van der Waals surface area contributed by atoms with Gasteiger partial charge in [-0.15, -0.1) is 0 Å². The number of rotatable bonds is 4. The number of hydrogen-bond donors (Lipinski definition) is 2. The van der Waals surface area contributed by atoms with Crippen LogP contribution < -0.4 is 10.5 Å². The number of nitrogen functional groups attached to an aromatic ring is 1. The molecule has 0 spiro atoms. The van der Waals surface area contributed by atoms with Crippen LogP contribution >= 0.6 is 0 Å². The molecule has 0 fully saturated rings. The molecule has 1 aromatic rings. The minimum atomic E-state index is -0.928. The highest BCUT2D eigenvalue weighted by molar-refractivity contribution is 5.95. The lowest BCUT2D eigenvalue weighted by molar-refractivity contribution is 0.0368. The van der Waals surface area contributed by atoms with Gasteiger partial charge in [-0.05, 0) is 32.0 Å². The Morgan fingerprint density at radius 1 is 1.50 bits per heavy atom. The van der Waals surface area contributed by atoms with Crippen LogP contribution in [-0.2, 0) is 0 Å². The first-order valence-corrected chi connectivity index (χ1v) is 5.66. The predicted octanol–water partition coefficient (Wildman–Crippen LogP) is 1.12. The van der Waals surface area contributed by atoms with E-state index in [2.05, 4.69) is 0 Å². The summed E-state index contributed by atoms with van der Waals surface area (Å²) in [7, 11) is 3.14. The van der Waals surface area contributed by atoms with Crippen molar-refractivity contribution in [3.8, 4) is 5.75 Å². The maximum absolute atomic E-state index is 12.1. The molecule has 0 aromatic heterocycles. The predicted molar refractivity (Wildman–Crippen MR) is 70.7 cm³/mol. The van der Waals surface area contributed by atoms with Gasteiger partial charge in [-0.1, -0.05) is 0 Å². The van der Waals surface area contributed by atoms with Crippen LogP contribution in [0.2, 0.25) is 0 Å². The number of hydrogen-bond acceptors (Lipinski definition) is 4. The van der Waals surface area contributed by atoms with Gasteiger partial charge in [-0.3, -0.25) is 4.79 Å². The SMILES string of the molecule is COc1cc(C(=O)N(C)CC(C)(C)O)ccc1N. The molecule has 0 aliphatic carbocycles. The molecule has 0 saturated carbocycles. The Hall–Kier alpha value is -1.75. The van der Waals surface area contributed by atoms with Crippen LogP contribution in [0, 0.1) is 0 Å². The second-order valence-corrected chi connectivity index (χ2v) is 4.93. The lowest BCUT2D eigenvalue weighted by Gasteiger charge is -2.25. The molecule has 0 radical (unpaired) electrons. The fraction of sp³-hybridized carbons (Fsp3) is 0.462. The minimum Gasteiger partial charge on any atom is -0.495 e. The number of aliphatic hydroxyl groups is 1. The van der Waals surface area contributed by atoms with Gasteiger partial charge >= 0.3 is 0 Å². The van der Waals surface area contributed by atoms with Gasteiger partial charge in [-0.25, -0.2) is 0 Å². The van der Waals surface area contributed by atoms with Crippen molar-refractivity contribution in [1.29, 1.82) is 0 Å². The lowest BCUT2D eigenvalue weighted by atomic mass is 10.1. The van der Waals surface area contributed by atoms with E-state index in [0.717, 1.165) is 0 Å². The highest BCUT2D eigenvalue weighted by atomic mass is 16.5. The van der Waals surface area contributed by atoms with E-state index in [1.807, 2.05) is 0 Å². The number of nitrogens with zero attached hydrogens (tertiary/aromatic N) is 1. The smallest absolute Gasteiger partial charge is 0.253 e. The van der Waals surface area contributed by atoms with Crippen LogP contribution in [0.1, 0.15) is 24.2 Å². The van der Waals surface area contributed by atoms with Crippen molar-refractivity contribution in [2.24, 2.45) is 0 Å². The summed E-state index contributed by atoms with van der Waals surface area (Å²) in [5, 5.41) is 9.69. The Bertz CT molecular complexity index is 438. The maximum atomic E-state index is 12.1. The summed E-state index contributed by atoms with van der Waals surface area (Å²) < 4.78 is 5.07. The molecule has 1 amide bonds. The summed E-state index contributed by atoms with van der Waals surface area (Å²) in [4.78, 5) is 13.6. The molecule has 0 saturated heterocycles. The van der Waals surface area contributed by atoms with E-state index >= 15 is 0 Å². The van der Waals surface area contributed by atoms with E-state index in [1.165, 1.54) is 12.0 Å². The third-order valence-electron chi connectivity index (χ3n) is 2.45. The van der Waals surface area contributed by atoms with Gasteiger partial charge in [0.1, 0.15) is 5.75 Å². The van der Waals surface area contributed by atoms with Crippen molar-refractivity contribution in [2.45, 2.75) is 19.4 Å². The van der Waals surface area contributed by atoms with E-state index in [9.17, 15) is 9.90 Å². The number of methoxy groups -OCH3 is 1. The molecule has 1 aromatic carbocycles. The Labute approximate surface area is 107 Å². The zero-order valence-electron chi connectivity index (χ0n) is 11.2. The van der Waals surface area contributed by atoms with Crippen LogP contribution in [-0.4, -0.2) is 42.2 Å². The van der Waals surface area contributed by atoms with E-state index < -0.39 is 5.60 Å². The minimum absolute atomic E-state index is 0.185. The molecule has 0 bridgehead atoms. The number of likely N-dealkylation sites (N-methyl/N-ethyl adjacent to an activating group) is 1. The largest absolute Gasteiger partial charge is 0.495 e. The molecule has 1 rings (SSSR count). The molecule has 0 aliphatic rings. The van der Waals surface area contributed by atoms with Crippen molar-refractivity contribution >= 4 is 11.6 Å². The van der Waals surface area contributed by atoms with E-state index in [-0.39, 0.29) is 12.5 Å². The molecule has 5 heteroatoms. The fourth-order valence-electron chi connectivity index (χ4n) is 1.72. The first-order valence-electron chi connectivity index (χ1n) is 5.66. The number of amides is 1. The highest BCUT2D eigenvalue weighted by Crippen LogP contribution is 2.23. The zero-order valence-corrected chi connectivity index (χ0v) is 11.2. The van der Waals surface area contributed by atoms with Gasteiger partial charge in [0.15, 0.2) is 0 Å². The monoisotopic (exact) mass is 252 g/mol. The normalized spacial score (nSPS) is 11.2. The maximum Gasteiger partial charge on any atom is 0.253 e. The molecule has 5 nitrogen and oxygen atoms in total. The second-order valence-electron chi connectivity index (χ2n) is 4.93. The van der Waals surface area contributed by atoms with Crippen LogP contribution in [0.3, 0.4) is 0 Å². The number of benzene rings is 1. The number of carbonyl (C=O) groups excluding carboxylic acids is 1. The Morgan fingerprint density at radius 3 is 2.61 bits per heavy atom. The number of nitrogens with two attached hydrogens (primary N) is 1. The van der Waals surface area contributed by atoms with E-state index in [4.69, 9.17) is 10.5 Å². The summed E-state index contributed by atoms with van der Waals surface area (Å²) >= 11 is 0. The first kappa shape index (κ1) is 14.3. The van der Waals surface area contributed by atoms with E-state index in [1.54, 1.807) is 39.1 Å². The topological polar surface area (TPSA) is 75.8 Å². The van der Waals surface area contributed by atoms with Gasteiger partial charge in [0.25, 0.3) is 5.91 Å². The lowest BCUT2D eigenvalue weighted by Crippen LogP contribution is -2.39. The average Bonchev–Trinajstić information content (AvgIpc) is 2.26. The van der Waals surface area contributed by atoms with Crippen LogP contribution in [0.15, 0.2) is 18.2 Å². The zero-order chi connectivity index (χ0) is 13.9. The van der Waals surface area contributed by atoms with Crippen LogP contribution in [0.4, 0.5) is 5.69 Å². The van der Waals surface area contributed by atoms with Gasteiger partial charge in [-0.2, -0.15) is 0 Å². The Balaban J connectivity index is 2.90. The number of anilines is 1. The number of ether oxygens (including phenoxy) is 1. The van der Waals surface area contributed by atoms with Gasteiger partial charge < -0.3 is 20.5 Å². The molecule has 3 N–H and O–H groups in total. The van der Waals surface area contributed by atoms with Crippen LogP contribution in [0.5, 0.6) is 5.75 Å². The van der Waals surface area contributed by atoms with E-state index in [0.29, 0.717) is 17.0 Å². The molecule has 100 valence electrons. The highest BCUT2D eigenvalue weighted by Gasteiger charge is 2.20. The van der Waals surface area contributed by atoms with Gasteiger partial charge in [0, 0.05) is 19.2 Å². The van der Waals surface area contributed by atoms with Gasteiger partial charge in [0.2, 0.25) is 0 Å². The molecule has 0 aliphatic heterocycles. The quantitative estimate of drug-likeness (QED) is 0.787. The molecular weight excluding hydrogens is 232 g/mol. The first-order chi connectivity index (χ1) is 8.24. The third kappa shape index (κ3) is 3.63. The number of carbonyl (C=O) groups is 1. The second kappa shape index (κ2) is 5.27. The van der Waals surface area contributed by atoms with Crippen molar-refractivity contribution < 1.29 is 14.6 Å². The third-order valence-corrected chi connectivity index (χ3v) is 2.45. The van der Waals surface area contributed by atoms with Gasteiger partial charge in [0.05, 0.1) is 18.4 Å². The summed E-state index contributed by atoms with van der Waals surface area (Å²) in [6, 6.07) is 4.86. The van der Waals surface area contributed by atoms with Crippen molar-refractivity contribution in [1.82, 2.24) is 4.90 Å². The molecule has 0 heterocycles. The summed E-state index contributed by atoms with van der Waals surface area (Å²) in [6.45, 7) is 3.55. The molecule has 0 atom stereocenters. The Kier molecular flexibility index (Phi) is 4.19. The summed E-state index contributed by atoms with van der Waals surface area (Å²) in [6.07, 6.45) is 0. The summed E-state index contributed by atoms with van der Waals surface area (Å²) in [5.41, 5.74) is 5.72. The van der Waals surface area contributed by atoms with Crippen molar-refractivity contribution in [2.75, 3.05) is 26.4 Å².